The highest BCUT2D eigenvalue weighted by atomic mass is 16.2. The Balaban J connectivity index is 1.90. The third-order valence-corrected chi connectivity index (χ3v) is 2.60. The van der Waals surface area contributed by atoms with E-state index < -0.39 is 0 Å². The molecule has 1 fully saturated rings. The Bertz CT molecular complexity index is 447. The van der Waals surface area contributed by atoms with Gasteiger partial charge in [0.05, 0.1) is 11.7 Å². The standard InChI is InChI=1S/C11H14N4O2/c1-7-12-5-4-8(14-7)6-13-9-2-3-10(16)15-11(9)17/h4-5,9,13H,2-3,6H2,1H3,(H,15,16,17). The second-order valence-corrected chi connectivity index (χ2v) is 3.98. The summed E-state index contributed by atoms with van der Waals surface area (Å²) < 4.78 is 0. The van der Waals surface area contributed by atoms with E-state index in [1.54, 1.807) is 12.3 Å². The molecule has 6 heteroatoms. The van der Waals surface area contributed by atoms with E-state index in [1.807, 2.05) is 6.92 Å². The van der Waals surface area contributed by atoms with Gasteiger partial charge in [-0.05, 0) is 19.4 Å². The normalized spacial score (nSPS) is 20.2. The predicted octanol–water partition coefficient (Wildman–Crippen LogP) is -0.320. The number of carbonyl (C=O) groups excluding carboxylic acids is 2. The zero-order valence-electron chi connectivity index (χ0n) is 9.56. The van der Waals surface area contributed by atoms with Crippen LogP contribution in [-0.2, 0) is 16.1 Å². The number of carbonyl (C=O) groups is 2. The first-order valence-electron chi connectivity index (χ1n) is 5.51. The Kier molecular flexibility index (Phi) is 3.43. The minimum atomic E-state index is -0.317. The molecule has 1 atom stereocenters. The first-order valence-corrected chi connectivity index (χ1v) is 5.51. The molecule has 0 radical (unpaired) electrons. The number of nitrogens with zero attached hydrogens (tertiary/aromatic N) is 2. The summed E-state index contributed by atoms with van der Waals surface area (Å²) in [5.41, 5.74) is 0.835. The van der Waals surface area contributed by atoms with Crippen LogP contribution in [0.3, 0.4) is 0 Å². The third kappa shape index (κ3) is 3.07. The van der Waals surface area contributed by atoms with Gasteiger partial charge in [-0.3, -0.25) is 14.9 Å². The van der Waals surface area contributed by atoms with E-state index >= 15 is 0 Å². The van der Waals surface area contributed by atoms with Gasteiger partial charge in [-0.25, -0.2) is 9.97 Å². The van der Waals surface area contributed by atoms with Crippen LogP contribution in [0.15, 0.2) is 12.3 Å². The molecular formula is C11H14N4O2. The van der Waals surface area contributed by atoms with Crippen LogP contribution in [0, 0.1) is 6.92 Å². The van der Waals surface area contributed by atoms with Gasteiger partial charge in [-0.2, -0.15) is 0 Å². The van der Waals surface area contributed by atoms with E-state index in [2.05, 4.69) is 20.6 Å². The maximum atomic E-state index is 11.5. The molecule has 1 aromatic rings. The summed E-state index contributed by atoms with van der Waals surface area (Å²) in [5.74, 6) is 0.241. The Morgan fingerprint density at radius 3 is 3.06 bits per heavy atom. The van der Waals surface area contributed by atoms with Crippen LogP contribution < -0.4 is 10.6 Å². The summed E-state index contributed by atoms with van der Waals surface area (Å²) in [7, 11) is 0. The molecule has 1 aliphatic rings. The molecule has 1 unspecified atom stereocenters. The minimum Gasteiger partial charge on any atom is -0.300 e. The lowest BCUT2D eigenvalue weighted by atomic mass is 10.1. The van der Waals surface area contributed by atoms with Gasteiger partial charge in [0.25, 0.3) is 0 Å². The van der Waals surface area contributed by atoms with Gasteiger partial charge >= 0.3 is 0 Å². The van der Waals surface area contributed by atoms with Crippen LogP contribution in [0.5, 0.6) is 0 Å². The van der Waals surface area contributed by atoms with E-state index in [0.29, 0.717) is 25.2 Å². The summed E-state index contributed by atoms with van der Waals surface area (Å²) in [6.45, 7) is 2.31. The van der Waals surface area contributed by atoms with Crippen molar-refractivity contribution >= 4 is 11.8 Å². The Labute approximate surface area is 98.8 Å². The van der Waals surface area contributed by atoms with Crippen LogP contribution in [0.2, 0.25) is 0 Å². The predicted molar refractivity (Wildman–Crippen MR) is 59.8 cm³/mol. The van der Waals surface area contributed by atoms with Crippen LogP contribution in [-0.4, -0.2) is 27.8 Å². The molecule has 17 heavy (non-hydrogen) atoms. The molecular weight excluding hydrogens is 220 g/mol. The van der Waals surface area contributed by atoms with Crippen molar-refractivity contribution in [2.24, 2.45) is 0 Å². The Morgan fingerprint density at radius 1 is 1.53 bits per heavy atom. The molecule has 6 nitrogen and oxygen atoms in total. The average molecular weight is 234 g/mol. The quantitative estimate of drug-likeness (QED) is 0.700. The molecule has 1 aliphatic heterocycles. The molecule has 90 valence electrons. The number of nitrogens with one attached hydrogen (secondary N) is 2. The Morgan fingerprint density at radius 2 is 2.35 bits per heavy atom. The summed E-state index contributed by atoms with van der Waals surface area (Å²) in [6, 6.07) is 1.48. The van der Waals surface area contributed by atoms with Gasteiger partial charge in [0.1, 0.15) is 5.82 Å². The van der Waals surface area contributed by atoms with Crippen molar-refractivity contribution in [1.82, 2.24) is 20.6 Å². The number of aromatic nitrogens is 2. The van der Waals surface area contributed by atoms with Crippen LogP contribution in [0.1, 0.15) is 24.4 Å². The summed E-state index contributed by atoms with van der Waals surface area (Å²) in [6.07, 6.45) is 2.60. The van der Waals surface area contributed by atoms with Gasteiger partial charge in [0, 0.05) is 19.2 Å². The first-order chi connectivity index (χ1) is 8.15. The van der Waals surface area contributed by atoms with Gasteiger partial charge < -0.3 is 5.32 Å². The molecule has 0 aromatic carbocycles. The fourth-order valence-electron chi connectivity index (χ4n) is 1.72. The molecule has 0 spiro atoms. The van der Waals surface area contributed by atoms with E-state index in [4.69, 9.17) is 0 Å². The van der Waals surface area contributed by atoms with Crippen molar-refractivity contribution < 1.29 is 9.59 Å². The van der Waals surface area contributed by atoms with Crippen LogP contribution in [0.25, 0.3) is 0 Å². The minimum absolute atomic E-state index is 0.203. The van der Waals surface area contributed by atoms with Crippen molar-refractivity contribution in [1.29, 1.82) is 0 Å². The molecule has 0 saturated carbocycles. The number of imide groups is 1. The van der Waals surface area contributed by atoms with Crippen molar-refractivity contribution in [3.8, 4) is 0 Å². The summed E-state index contributed by atoms with van der Waals surface area (Å²) in [5, 5.41) is 5.38. The number of piperidine rings is 1. The van der Waals surface area contributed by atoms with Crippen LogP contribution in [0.4, 0.5) is 0 Å². The lowest BCUT2D eigenvalue weighted by Gasteiger charge is -2.21. The van der Waals surface area contributed by atoms with Gasteiger partial charge in [0.2, 0.25) is 11.8 Å². The summed E-state index contributed by atoms with van der Waals surface area (Å²) in [4.78, 5) is 30.6. The smallest absolute Gasteiger partial charge is 0.243 e. The molecule has 2 N–H and O–H groups in total. The molecule has 1 aromatic heterocycles. The molecule has 2 rings (SSSR count). The number of hydrogen-bond acceptors (Lipinski definition) is 5. The highest BCUT2D eigenvalue weighted by Crippen LogP contribution is 2.05. The number of amides is 2. The van der Waals surface area contributed by atoms with Gasteiger partial charge in [-0.1, -0.05) is 0 Å². The third-order valence-electron chi connectivity index (χ3n) is 2.60. The zero-order chi connectivity index (χ0) is 12.3. The average Bonchev–Trinajstić information content (AvgIpc) is 2.28. The van der Waals surface area contributed by atoms with Crippen molar-refractivity contribution in [2.45, 2.75) is 32.4 Å². The monoisotopic (exact) mass is 234 g/mol. The van der Waals surface area contributed by atoms with Gasteiger partial charge in [0.15, 0.2) is 0 Å². The summed E-state index contributed by atoms with van der Waals surface area (Å²) >= 11 is 0. The van der Waals surface area contributed by atoms with Crippen LogP contribution >= 0.6 is 0 Å². The number of aryl methyl sites for hydroxylation is 1. The lowest BCUT2D eigenvalue weighted by Crippen LogP contribution is -2.50. The maximum Gasteiger partial charge on any atom is 0.243 e. The van der Waals surface area contributed by atoms with E-state index in [1.165, 1.54) is 0 Å². The second-order valence-electron chi connectivity index (χ2n) is 3.98. The van der Waals surface area contributed by atoms with Crippen molar-refractivity contribution in [3.05, 3.63) is 23.8 Å². The first kappa shape index (κ1) is 11.7. The molecule has 1 saturated heterocycles. The maximum absolute atomic E-state index is 11.5. The zero-order valence-corrected chi connectivity index (χ0v) is 9.56. The second kappa shape index (κ2) is 5.01. The highest BCUT2D eigenvalue weighted by molar-refractivity contribution is 6.00. The largest absolute Gasteiger partial charge is 0.300 e. The molecule has 2 amide bonds. The molecule has 2 heterocycles. The fraction of sp³-hybridized carbons (Fsp3) is 0.455. The number of rotatable bonds is 3. The SMILES string of the molecule is Cc1nccc(CNC2CCC(=O)NC2=O)n1. The van der Waals surface area contributed by atoms with E-state index in [0.717, 1.165) is 5.69 Å². The lowest BCUT2D eigenvalue weighted by molar-refractivity contribution is -0.134. The molecule has 0 aliphatic carbocycles. The van der Waals surface area contributed by atoms with Crippen molar-refractivity contribution in [3.63, 3.8) is 0 Å². The van der Waals surface area contributed by atoms with Crippen molar-refractivity contribution in [2.75, 3.05) is 0 Å². The highest BCUT2D eigenvalue weighted by Gasteiger charge is 2.25. The van der Waals surface area contributed by atoms with E-state index in [9.17, 15) is 9.59 Å². The molecule has 0 bridgehead atoms. The Hall–Kier alpha value is -1.82. The number of hydrogen-bond donors (Lipinski definition) is 2. The van der Waals surface area contributed by atoms with Gasteiger partial charge in [-0.15, -0.1) is 0 Å². The topological polar surface area (TPSA) is 84.0 Å². The van der Waals surface area contributed by atoms with E-state index in [-0.39, 0.29) is 17.9 Å². The fourth-order valence-corrected chi connectivity index (χ4v) is 1.72.